The molecule has 4 amide bonds. The second-order valence-electron chi connectivity index (χ2n) is 7.80. The Morgan fingerprint density at radius 3 is 2.70 bits per heavy atom. The second kappa shape index (κ2) is 6.31. The van der Waals surface area contributed by atoms with Crippen molar-refractivity contribution in [2.45, 2.75) is 31.8 Å². The van der Waals surface area contributed by atoms with E-state index in [4.69, 9.17) is 4.42 Å². The van der Waals surface area contributed by atoms with Gasteiger partial charge in [0.1, 0.15) is 12.1 Å². The molecule has 2 heterocycles. The molecule has 2 aliphatic rings. The van der Waals surface area contributed by atoms with Gasteiger partial charge in [0.15, 0.2) is 5.58 Å². The van der Waals surface area contributed by atoms with Gasteiger partial charge in [0, 0.05) is 18.5 Å². The van der Waals surface area contributed by atoms with Gasteiger partial charge in [0.2, 0.25) is 5.91 Å². The van der Waals surface area contributed by atoms with Gasteiger partial charge in [0.05, 0.1) is 5.52 Å². The molecule has 1 aliphatic carbocycles. The molecule has 0 radical (unpaired) electrons. The highest BCUT2D eigenvalue weighted by molar-refractivity contribution is 6.08. The summed E-state index contributed by atoms with van der Waals surface area (Å²) in [4.78, 5) is 48.4. The molecule has 152 valence electrons. The van der Waals surface area contributed by atoms with Gasteiger partial charge in [-0.05, 0) is 47.9 Å². The number of hydrogen-bond acceptors (Lipinski definition) is 5. The zero-order chi connectivity index (χ0) is 21.0. The first-order valence-corrected chi connectivity index (χ1v) is 9.48. The molecular formula is C21H18N4O5. The fraction of sp³-hybridized carbons (Fsp3) is 0.238. The van der Waals surface area contributed by atoms with Crippen molar-refractivity contribution in [1.29, 1.82) is 0 Å². The molecule has 3 aromatic rings. The summed E-state index contributed by atoms with van der Waals surface area (Å²) in [6.45, 7) is 1.71. The van der Waals surface area contributed by atoms with Crippen LogP contribution in [0.25, 0.3) is 11.1 Å². The smallest absolute Gasteiger partial charge is 0.408 e. The Morgan fingerprint density at radius 2 is 1.93 bits per heavy atom. The van der Waals surface area contributed by atoms with Gasteiger partial charge in [-0.3, -0.25) is 19.5 Å². The number of nitrogens with one attached hydrogen (secondary N) is 3. The third-order valence-electron chi connectivity index (χ3n) is 5.61. The second-order valence-corrected chi connectivity index (χ2v) is 7.80. The molecule has 1 aromatic heterocycles. The number of carbonyl (C=O) groups is 3. The van der Waals surface area contributed by atoms with Crippen LogP contribution in [0.5, 0.6) is 0 Å². The highest BCUT2D eigenvalue weighted by atomic mass is 16.4. The van der Waals surface area contributed by atoms with Crippen LogP contribution in [0.4, 0.5) is 10.5 Å². The van der Waals surface area contributed by atoms with Crippen molar-refractivity contribution in [3.63, 3.8) is 0 Å². The van der Waals surface area contributed by atoms with Crippen molar-refractivity contribution < 1.29 is 18.8 Å². The highest BCUT2D eigenvalue weighted by Crippen LogP contribution is 2.33. The maximum absolute atomic E-state index is 12.6. The van der Waals surface area contributed by atoms with Crippen molar-refractivity contribution in [2.75, 3.05) is 5.32 Å². The van der Waals surface area contributed by atoms with E-state index in [0.29, 0.717) is 29.6 Å². The Bertz CT molecular complexity index is 1300. The molecule has 2 aromatic carbocycles. The predicted octanol–water partition coefficient (Wildman–Crippen LogP) is 1.22. The molecule has 1 atom stereocenters. The molecule has 5 rings (SSSR count). The number of imide groups is 1. The molecule has 30 heavy (non-hydrogen) atoms. The van der Waals surface area contributed by atoms with Gasteiger partial charge in [-0.25, -0.2) is 9.59 Å². The Morgan fingerprint density at radius 1 is 1.13 bits per heavy atom. The zero-order valence-electron chi connectivity index (χ0n) is 16.1. The molecular weight excluding hydrogens is 388 g/mol. The Balaban J connectivity index is 1.35. The van der Waals surface area contributed by atoms with E-state index in [1.807, 2.05) is 19.1 Å². The Hall–Kier alpha value is -3.88. The van der Waals surface area contributed by atoms with Crippen molar-refractivity contribution in [1.82, 2.24) is 15.2 Å². The van der Waals surface area contributed by atoms with E-state index < -0.39 is 17.3 Å². The first-order chi connectivity index (χ1) is 14.3. The van der Waals surface area contributed by atoms with Crippen LogP contribution in [0.2, 0.25) is 0 Å². The molecule has 1 unspecified atom stereocenters. The van der Waals surface area contributed by atoms with E-state index in [1.54, 1.807) is 24.3 Å². The van der Waals surface area contributed by atoms with E-state index in [0.717, 1.165) is 16.7 Å². The van der Waals surface area contributed by atoms with Gasteiger partial charge < -0.3 is 15.1 Å². The van der Waals surface area contributed by atoms with Gasteiger partial charge in [-0.15, -0.1) is 0 Å². The molecule has 9 nitrogen and oxygen atoms in total. The summed E-state index contributed by atoms with van der Waals surface area (Å²) in [5.74, 6) is -1.30. The number of hydrogen-bond donors (Lipinski definition) is 3. The van der Waals surface area contributed by atoms with Crippen LogP contribution in [0.15, 0.2) is 45.6 Å². The third-order valence-corrected chi connectivity index (χ3v) is 5.61. The lowest BCUT2D eigenvalue weighted by molar-refractivity contribution is -0.123. The summed E-state index contributed by atoms with van der Waals surface area (Å²) in [6, 6.07) is 10.2. The number of urea groups is 1. The molecule has 1 spiro atoms. The van der Waals surface area contributed by atoms with Gasteiger partial charge >= 0.3 is 11.8 Å². The van der Waals surface area contributed by atoms with Crippen LogP contribution in [0, 0.1) is 6.92 Å². The normalized spacial score (nSPS) is 19.8. The van der Waals surface area contributed by atoms with Crippen LogP contribution in [0.1, 0.15) is 16.7 Å². The first kappa shape index (κ1) is 18.2. The lowest BCUT2D eigenvalue weighted by Gasteiger charge is -2.18. The number of carbonyl (C=O) groups excluding carboxylic acids is 3. The summed E-state index contributed by atoms with van der Waals surface area (Å²) in [7, 11) is 0. The van der Waals surface area contributed by atoms with Crippen LogP contribution in [-0.2, 0) is 29.0 Å². The third kappa shape index (κ3) is 2.86. The quantitative estimate of drug-likeness (QED) is 0.565. The lowest BCUT2D eigenvalue weighted by Crippen LogP contribution is -2.47. The number of benzene rings is 2. The summed E-state index contributed by atoms with van der Waals surface area (Å²) in [5.41, 5.74) is 3.37. The number of aryl methyl sites for hydroxylation is 1. The minimum absolute atomic E-state index is 0.186. The maximum atomic E-state index is 12.6. The minimum atomic E-state index is -0.955. The van der Waals surface area contributed by atoms with E-state index in [1.165, 1.54) is 4.57 Å². The Labute approximate surface area is 170 Å². The standard InChI is InChI=1S/C21H18N4O5/c1-11-2-5-16-15(6-11)25(20(29)30-16)10-17(26)22-14-4-3-12-8-21(9-13(12)7-14)18(27)23-19(28)24-21/h2-7H,8-10H2,1H3,(H,22,26)(H2,23,24,27,28). The summed E-state index contributed by atoms with van der Waals surface area (Å²) < 4.78 is 6.48. The number of aromatic nitrogens is 1. The Kier molecular flexibility index (Phi) is 3.82. The van der Waals surface area contributed by atoms with Crippen LogP contribution in [-0.4, -0.2) is 28.0 Å². The van der Waals surface area contributed by atoms with Crippen LogP contribution >= 0.6 is 0 Å². The summed E-state index contributed by atoms with van der Waals surface area (Å²) >= 11 is 0. The molecule has 0 bridgehead atoms. The first-order valence-electron chi connectivity index (χ1n) is 9.48. The molecule has 3 N–H and O–H groups in total. The molecule has 1 aliphatic heterocycles. The van der Waals surface area contributed by atoms with E-state index in [2.05, 4.69) is 16.0 Å². The lowest BCUT2D eigenvalue weighted by atomic mass is 9.96. The topological polar surface area (TPSA) is 122 Å². The van der Waals surface area contributed by atoms with Crippen molar-refractivity contribution in [2.24, 2.45) is 0 Å². The number of rotatable bonds is 3. The van der Waals surface area contributed by atoms with Crippen molar-refractivity contribution in [3.8, 4) is 0 Å². The minimum Gasteiger partial charge on any atom is -0.408 e. The van der Waals surface area contributed by atoms with Crippen LogP contribution < -0.4 is 21.7 Å². The number of anilines is 1. The van der Waals surface area contributed by atoms with Crippen LogP contribution in [0.3, 0.4) is 0 Å². The summed E-state index contributed by atoms with van der Waals surface area (Å²) in [5, 5.41) is 7.78. The zero-order valence-corrected chi connectivity index (χ0v) is 16.1. The predicted molar refractivity (Wildman–Crippen MR) is 107 cm³/mol. The van der Waals surface area contributed by atoms with E-state index >= 15 is 0 Å². The average molecular weight is 406 g/mol. The number of nitrogens with zero attached hydrogens (tertiary/aromatic N) is 1. The number of amides is 4. The maximum Gasteiger partial charge on any atom is 0.420 e. The highest BCUT2D eigenvalue weighted by Gasteiger charge is 2.49. The monoisotopic (exact) mass is 406 g/mol. The number of oxazole rings is 1. The SMILES string of the molecule is Cc1ccc2oc(=O)n(CC(=O)Nc3ccc4c(c3)CC3(C4)NC(=O)NC3=O)c2c1. The van der Waals surface area contributed by atoms with Gasteiger partial charge in [0.25, 0.3) is 5.91 Å². The van der Waals surface area contributed by atoms with Gasteiger partial charge in [-0.1, -0.05) is 12.1 Å². The average Bonchev–Trinajstić information content (AvgIpc) is 3.28. The van der Waals surface area contributed by atoms with E-state index in [9.17, 15) is 19.2 Å². The molecule has 1 fully saturated rings. The van der Waals surface area contributed by atoms with Gasteiger partial charge in [-0.2, -0.15) is 0 Å². The molecule has 9 heteroatoms. The fourth-order valence-corrected chi connectivity index (χ4v) is 4.20. The summed E-state index contributed by atoms with van der Waals surface area (Å²) in [6.07, 6.45) is 0.763. The van der Waals surface area contributed by atoms with Crippen molar-refractivity contribution in [3.05, 3.63) is 63.6 Å². The van der Waals surface area contributed by atoms with Crippen molar-refractivity contribution >= 4 is 34.6 Å². The van der Waals surface area contributed by atoms with E-state index in [-0.39, 0.29) is 18.4 Å². The molecule has 1 saturated heterocycles. The fourth-order valence-electron chi connectivity index (χ4n) is 4.20. The number of fused-ring (bicyclic) bond motifs is 2. The largest absolute Gasteiger partial charge is 0.420 e. The molecule has 0 saturated carbocycles.